The fourth-order valence-corrected chi connectivity index (χ4v) is 4.16. The quantitative estimate of drug-likeness (QED) is 0.287. The summed E-state index contributed by atoms with van der Waals surface area (Å²) in [5, 5.41) is 3.01. The number of unbranched alkanes of at least 4 members (excludes halogenated alkanes) is 1. The maximum atomic E-state index is 12.5. The molecule has 1 N–H and O–H groups in total. The number of nitrogens with one attached hydrogen (secondary N) is 1. The molecule has 3 aromatic carbocycles. The lowest BCUT2D eigenvalue weighted by atomic mass is 10.0. The molecule has 0 spiro atoms. The number of hydrogen-bond donors (Lipinski definition) is 1. The number of carbonyl (C=O) groups excluding carboxylic acids is 1. The van der Waals surface area contributed by atoms with E-state index in [1.54, 1.807) is 0 Å². The molecule has 0 unspecified atom stereocenters. The fraction of sp³-hybridized carbons (Fsp3) is 0.310. The van der Waals surface area contributed by atoms with Gasteiger partial charge in [-0.25, -0.2) is 4.98 Å². The van der Waals surface area contributed by atoms with Crippen molar-refractivity contribution in [3.8, 4) is 5.75 Å². The van der Waals surface area contributed by atoms with E-state index in [1.165, 1.54) is 11.1 Å². The zero-order valence-corrected chi connectivity index (χ0v) is 20.3. The summed E-state index contributed by atoms with van der Waals surface area (Å²) in [5.41, 5.74) is 5.16. The van der Waals surface area contributed by atoms with Crippen LogP contribution in [-0.4, -0.2) is 22.1 Å². The Balaban J connectivity index is 1.38. The molecule has 0 aliphatic heterocycles. The van der Waals surface area contributed by atoms with Crippen molar-refractivity contribution in [1.29, 1.82) is 0 Å². The molecule has 0 bridgehead atoms. The van der Waals surface area contributed by atoms with Gasteiger partial charge in [-0.05, 0) is 67.1 Å². The largest absolute Gasteiger partial charge is 0.493 e. The lowest BCUT2D eigenvalue weighted by molar-refractivity contribution is 0.0949. The number of ether oxygens (including phenoxy) is 1. The van der Waals surface area contributed by atoms with Crippen molar-refractivity contribution >= 4 is 16.9 Å². The first-order chi connectivity index (χ1) is 16.5. The molecular weight excluding hydrogens is 422 g/mol. The van der Waals surface area contributed by atoms with Crippen LogP contribution in [0.1, 0.15) is 59.9 Å². The van der Waals surface area contributed by atoms with Gasteiger partial charge in [0.25, 0.3) is 5.91 Å². The maximum Gasteiger partial charge on any atom is 0.251 e. The van der Waals surface area contributed by atoms with Crippen molar-refractivity contribution in [2.24, 2.45) is 0 Å². The molecule has 1 aromatic heterocycles. The summed E-state index contributed by atoms with van der Waals surface area (Å²) in [7, 11) is 0. The first-order valence-electron chi connectivity index (χ1n) is 12.0. The molecule has 176 valence electrons. The van der Waals surface area contributed by atoms with Crippen LogP contribution in [0.5, 0.6) is 5.75 Å². The van der Waals surface area contributed by atoms with Gasteiger partial charge in [-0.2, -0.15) is 0 Å². The van der Waals surface area contributed by atoms with E-state index >= 15 is 0 Å². The zero-order chi connectivity index (χ0) is 23.9. The monoisotopic (exact) mass is 455 g/mol. The standard InChI is InChI=1S/C29H33N3O2/c1-21(2)24-16-15-22(3)19-27(24)34-18-10-9-17-32-26-14-8-7-13-25(26)31-28(32)20-30-29(33)23-11-5-4-6-12-23/h4-8,11-16,19,21H,9-10,17-18,20H2,1-3H3,(H,30,33). The smallest absolute Gasteiger partial charge is 0.251 e. The molecule has 0 radical (unpaired) electrons. The Labute approximate surface area is 201 Å². The number of nitrogens with zero attached hydrogens (tertiary/aromatic N) is 2. The van der Waals surface area contributed by atoms with Crippen molar-refractivity contribution in [3.05, 3.63) is 95.3 Å². The molecule has 0 saturated carbocycles. The Morgan fingerprint density at radius 3 is 2.56 bits per heavy atom. The van der Waals surface area contributed by atoms with Crippen LogP contribution in [0.25, 0.3) is 11.0 Å². The van der Waals surface area contributed by atoms with Gasteiger partial charge in [0.2, 0.25) is 0 Å². The van der Waals surface area contributed by atoms with E-state index in [2.05, 4.69) is 54.9 Å². The van der Waals surface area contributed by atoms with E-state index in [4.69, 9.17) is 9.72 Å². The molecule has 5 nitrogen and oxygen atoms in total. The Kier molecular flexibility index (Phi) is 7.63. The number of aryl methyl sites for hydroxylation is 2. The minimum atomic E-state index is -0.0910. The van der Waals surface area contributed by atoms with Gasteiger partial charge >= 0.3 is 0 Å². The van der Waals surface area contributed by atoms with E-state index in [9.17, 15) is 4.79 Å². The topological polar surface area (TPSA) is 56.1 Å². The highest BCUT2D eigenvalue weighted by Crippen LogP contribution is 2.27. The van der Waals surface area contributed by atoms with Crippen molar-refractivity contribution in [3.63, 3.8) is 0 Å². The van der Waals surface area contributed by atoms with E-state index in [1.807, 2.05) is 48.5 Å². The van der Waals surface area contributed by atoms with Crippen LogP contribution >= 0.6 is 0 Å². The van der Waals surface area contributed by atoms with Crippen LogP contribution in [-0.2, 0) is 13.1 Å². The number of imidazole rings is 1. The second kappa shape index (κ2) is 11.0. The predicted octanol–water partition coefficient (Wildman–Crippen LogP) is 6.26. The summed E-state index contributed by atoms with van der Waals surface area (Å²) in [5.74, 6) is 2.20. The maximum absolute atomic E-state index is 12.5. The molecule has 4 aromatic rings. The van der Waals surface area contributed by atoms with Gasteiger partial charge in [-0.1, -0.05) is 56.3 Å². The summed E-state index contributed by atoms with van der Waals surface area (Å²) in [6.45, 7) is 8.37. The third kappa shape index (κ3) is 5.66. The molecule has 0 aliphatic carbocycles. The number of aromatic nitrogens is 2. The van der Waals surface area contributed by atoms with Crippen molar-refractivity contribution in [2.45, 2.75) is 52.6 Å². The minimum absolute atomic E-state index is 0.0910. The average molecular weight is 456 g/mol. The number of carbonyl (C=O) groups is 1. The van der Waals surface area contributed by atoms with Gasteiger partial charge in [-0.15, -0.1) is 0 Å². The summed E-state index contributed by atoms with van der Waals surface area (Å²) in [6.07, 6.45) is 1.90. The zero-order valence-electron chi connectivity index (χ0n) is 20.3. The molecule has 0 atom stereocenters. The van der Waals surface area contributed by atoms with Gasteiger partial charge in [0.15, 0.2) is 0 Å². The average Bonchev–Trinajstić information content (AvgIpc) is 3.20. The molecule has 5 heteroatoms. The second-order valence-electron chi connectivity index (χ2n) is 8.97. The second-order valence-corrected chi connectivity index (χ2v) is 8.97. The predicted molar refractivity (Wildman–Crippen MR) is 137 cm³/mol. The van der Waals surface area contributed by atoms with E-state index in [0.717, 1.165) is 42.0 Å². The molecule has 0 fully saturated rings. The van der Waals surface area contributed by atoms with Crippen LogP contribution in [0.2, 0.25) is 0 Å². The summed E-state index contributed by atoms with van der Waals surface area (Å²) in [6, 6.07) is 23.8. The summed E-state index contributed by atoms with van der Waals surface area (Å²) in [4.78, 5) is 17.3. The molecule has 4 rings (SSSR count). The molecular formula is C29H33N3O2. The third-order valence-electron chi connectivity index (χ3n) is 6.00. The first kappa shape index (κ1) is 23.6. The summed E-state index contributed by atoms with van der Waals surface area (Å²) < 4.78 is 8.38. The highest BCUT2D eigenvalue weighted by molar-refractivity contribution is 5.94. The van der Waals surface area contributed by atoms with E-state index < -0.39 is 0 Å². The van der Waals surface area contributed by atoms with Gasteiger partial charge < -0.3 is 14.6 Å². The number of fused-ring (bicyclic) bond motifs is 1. The third-order valence-corrected chi connectivity index (χ3v) is 6.00. The highest BCUT2D eigenvalue weighted by atomic mass is 16.5. The number of benzene rings is 3. The Morgan fingerprint density at radius 2 is 1.76 bits per heavy atom. The molecule has 1 amide bonds. The van der Waals surface area contributed by atoms with Gasteiger partial charge in [-0.3, -0.25) is 4.79 Å². The first-order valence-corrected chi connectivity index (χ1v) is 12.0. The Morgan fingerprint density at radius 1 is 1.00 bits per heavy atom. The molecule has 1 heterocycles. The summed E-state index contributed by atoms with van der Waals surface area (Å²) >= 11 is 0. The highest BCUT2D eigenvalue weighted by Gasteiger charge is 2.13. The fourth-order valence-electron chi connectivity index (χ4n) is 4.16. The Bertz CT molecular complexity index is 1240. The Hall–Kier alpha value is -3.60. The number of hydrogen-bond acceptors (Lipinski definition) is 3. The minimum Gasteiger partial charge on any atom is -0.493 e. The van der Waals surface area contributed by atoms with Crippen molar-refractivity contribution in [2.75, 3.05) is 6.61 Å². The van der Waals surface area contributed by atoms with Crippen LogP contribution in [0.3, 0.4) is 0 Å². The van der Waals surface area contributed by atoms with Crippen LogP contribution < -0.4 is 10.1 Å². The van der Waals surface area contributed by atoms with E-state index in [0.29, 0.717) is 24.6 Å². The van der Waals surface area contributed by atoms with Crippen LogP contribution in [0.4, 0.5) is 0 Å². The number of para-hydroxylation sites is 2. The van der Waals surface area contributed by atoms with Gasteiger partial charge in [0.1, 0.15) is 11.6 Å². The van der Waals surface area contributed by atoms with Gasteiger partial charge in [0, 0.05) is 12.1 Å². The van der Waals surface area contributed by atoms with Crippen LogP contribution in [0, 0.1) is 6.92 Å². The molecule has 34 heavy (non-hydrogen) atoms. The van der Waals surface area contributed by atoms with Gasteiger partial charge in [0.05, 0.1) is 24.2 Å². The van der Waals surface area contributed by atoms with Crippen LogP contribution in [0.15, 0.2) is 72.8 Å². The van der Waals surface area contributed by atoms with Crippen molar-refractivity contribution < 1.29 is 9.53 Å². The normalized spacial score (nSPS) is 11.2. The lowest BCUT2D eigenvalue weighted by Gasteiger charge is -2.15. The number of rotatable bonds is 10. The van der Waals surface area contributed by atoms with E-state index in [-0.39, 0.29) is 5.91 Å². The van der Waals surface area contributed by atoms with Crippen molar-refractivity contribution in [1.82, 2.24) is 14.9 Å². The SMILES string of the molecule is Cc1ccc(C(C)C)c(OCCCCn2c(CNC(=O)c3ccccc3)nc3ccccc32)c1. The number of amides is 1. The molecule has 0 aliphatic rings. The molecule has 0 saturated heterocycles. The lowest BCUT2D eigenvalue weighted by Crippen LogP contribution is -2.24.